The molecule has 0 spiro atoms. The lowest BCUT2D eigenvalue weighted by Gasteiger charge is -2.29. The molecule has 0 fully saturated rings. The van der Waals surface area contributed by atoms with E-state index in [9.17, 15) is 4.79 Å². The van der Waals surface area contributed by atoms with Crippen LogP contribution in [-0.4, -0.2) is 65.0 Å². The SMILES string of the molecule is CCCCOCCOCCNC(=NC)NCC(=O)N1CCCc2ccccc21. The number of hydrogen-bond donors (Lipinski definition) is 2. The molecule has 156 valence electrons. The van der Waals surface area contributed by atoms with Crippen molar-refractivity contribution in [3.63, 3.8) is 0 Å². The third-order valence-corrected chi connectivity index (χ3v) is 4.60. The van der Waals surface area contributed by atoms with Gasteiger partial charge in [-0.05, 0) is 30.9 Å². The van der Waals surface area contributed by atoms with Crippen LogP contribution in [0.3, 0.4) is 0 Å². The molecule has 0 bridgehead atoms. The van der Waals surface area contributed by atoms with Crippen LogP contribution in [0.1, 0.15) is 31.7 Å². The van der Waals surface area contributed by atoms with E-state index in [2.05, 4.69) is 28.6 Å². The number of ether oxygens (including phenoxy) is 2. The summed E-state index contributed by atoms with van der Waals surface area (Å²) in [5.74, 6) is 0.650. The Kier molecular flexibility index (Phi) is 10.4. The molecule has 1 aromatic rings. The zero-order chi connectivity index (χ0) is 20.0. The quantitative estimate of drug-likeness (QED) is 0.343. The van der Waals surface area contributed by atoms with E-state index in [0.29, 0.717) is 32.3 Å². The second-order valence-corrected chi connectivity index (χ2v) is 6.71. The molecule has 0 radical (unpaired) electrons. The average molecular weight is 391 g/mol. The van der Waals surface area contributed by atoms with Gasteiger partial charge in [0.15, 0.2) is 5.96 Å². The van der Waals surface area contributed by atoms with Crippen LogP contribution in [-0.2, 0) is 20.7 Å². The maximum Gasteiger partial charge on any atom is 0.246 e. The molecule has 0 unspecified atom stereocenters. The van der Waals surface area contributed by atoms with E-state index in [1.165, 1.54) is 5.56 Å². The number of guanidine groups is 1. The topological polar surface area (TPSA) is 75.2 Å². The van der Waals surface area contributed by atoms with Gasteiger partial charge in [0.25, 0.3) is 0 Å². The molecule has 0 saturated heterocycles. The smallest absolute Gasteiger partial charge is 0.246 e. The Labute approximate surface area is 168 Å². The fraction of sp³-hybridized carbons (Fsp3) is 0.619. The van der Waals surface area contributed by atoms with Crippen LogP contribution in [0.25, 0.3) is 0 Å². The highest BCUT2D eigenvalue weighted by molar-refractivity contribution is 5.98. The summed E-state index contributed by atoms with van der Waals surface area (Å²) in [4.78, 5) is 18.7. The first kappa shape index (κ1) is 22.2. The fourth-order valence-corrected chi connectivity index (χ4v) is 3.08. The number of nitrogens with one attached hydrogen (secondary N) is 2. The summed E-state index contributed by atoms with van der Waals surface area (Å²) in [6.45, 7) is 6.30. The number of anilines is 1. The van der Waals surface area contributed by atoms with Gasteiger partial charge >= 0.3 is 0 Å². The monoisotopic (exact) mass is 390 g/mol. The predicted octanol–water partition coefficient (Wildman–Crippen LogP) is 1.96. The molecular weight excluding hydrogens is 356 g/mol. The van der Waals surface area contributed by atoms with E-state index >= 15 is 0 Å². The molecule has 1 aromatic carbocycles. The van der Waals surface area contributed by atoms with E-state index < -0.39 is 0 Å². The summed E-state index contributed by atoms with van der Waals surface area (Å²) >= 11 is 0. The Morgan fingerprint density at radius 1 is 1.14 bits per heavy atom. The summed E-state index contributed by atoms with van der Waals surface area (Å²) in [7, 11) is 1.69. The van der Waals surface area contributed by atoms with E-state index in [4.69, 9.17) is 9.47 Å². The first-order valence-corrected chi connectivity index (χ1v) is 10.2. The Hall–Kier alpha value is -2.12. The minimum absolute atomic E-state index is 0.0515. The van der Waals surface area contributed by atoms with Gasteiger partial charge in [0.05, 0.1) is 26.4 Å². The molecule has 1 heterocycles. The van der Waals surface area contributed by atoms with Gasteiger partial charge in [-0.3, -0.25) is 9.79 Å². The Bertz CT molecular complexity index is 621. The molecule has 0 saturated carbocycles. The number of aryl methyl sites for hydroxylation is 1. The lowest BCUT2D eigenvalue weighted by Crippen LogP contribution is -2.46. The number of benzene rings is 1. The first-order valence-electron chi connectivity index (χ1n) is 10.2. The normalized spacial score (nSPS) is 13.9. The van der Waals surface area contributed by atoms with Crippen LogP contribution in [0.4, 0.5) is 5.69 Å². The Morgan fingerprint density at radius 3 is 2.71 bits per heavy atom. The minimum atomic E-state index is 0.0515. The van der Waals surface area contributed by atoms with Gasteiger partial charge in [-0.15, -0.1) is 0 Å². The average Bonchev–Trinajstić information content (AvgIpc) is 2.74. The summed E-state index contributed by atoms with van der Waals surface area (Å²) in [5, 5.41) is 6.25. The Balaban J connectivity index is 1.63. The predicted molar refractivity (Wildman–Crippen MR) is 113 cm³/mol. The fourth-order valence-electron chi connectivity index (χ4n) is 3.08. The molecule has 0 aromatic heterocycles. The van der Waals surface area contributed by atoms with Crippen LogP contribution < -0.4 is 15.5 Å². The van der Waals surface area contributed by atoms with Crippen molar-refractivity contribution in [2.24, 2.45) is 4.99 Å². The summed E-state index contributed by atoms with van der Waals surface area (Å²) in [6.07, 6.45) is 4.25. The molecule has 2 rings (SSSR count). The number of amides is 1. The largest absolute Gasteiger partial charge is 0.379 e. The van der Waals surface area contributed by atoms with Crippen molar-refractivity contribution < 1.29 is 14.3 Å². The van der Waals surface area contributed by atoms with Gasteiger partial charge in [-0.25, -0.2) is 0 Å². The van der Waals surface area contributed by atoms with Gasteiger partial charge in [-0.1, -0.05) is 31.5 Å². The lowest BCUT2D eigenvalue weighted by atomic mass is 10.0. The van der Waals surface area contributed by atoms with E-state index in [0.717, 1.165) is 44.5 Å². The van der Waals surface area contributed by atoms with Crippen molar-refractivity contribution in [2.75, 3.05) is 58.0 Å². The molecule has 7 nitrogen and oxygen atoms in total. The number of hydrogen-bond acceptors (Lipinski definition) is 4. The summed E-state index contributed by atoms with van der Waals surface area (Å²) in [6, 6.07) is 8.11. The number of aliphatic imine (C=N–C) groups is 1. The molecule has 0 atom stereocenters. The second kappa shape index (κ2) is 13.1. The Morgan fingerprint density at radius 2 is 1.93 bits per heavy atom. The number of nitrogens with zero attached hydrogens (tertiary/aromatic N) is 2. The van der Waals surface area contributed by atoms with E-state index in [1.54, 1.807) is 7.05 Å². The number of rotatable bonds is 11. The number of carbonyl (C=O) groups is 1. The number of carbonyl (C=O) groups excluding carboxylic acids is 1. The van der Waals surface area contributed by atoms with Crippen LogP contribution >= 0.6 is 0 Å². The summed E-state index contributed by atoms with van der Waals surface area (Å²) in [5.41, 5.74) is 2.26. The standard InChI is InChI=1S/C21H34N4O3/c1-3-4-13-27-15-16-28-14-11-23-21(22-2)24-17-20(26)25-12-7-9-18-8-5-6-10-19(18)25/h5-6,8,10H,3-4,7,9,11-17H2,1-2H3,(H2,22,23,24). The molecule has 1 aliphatic rings. The third-order valence-electron chi connectivity index (χ3n) is 4.60. The molecule has 2 N–H and O–H groups in total. The number of unbranched alkanes of at least 4 members (excludes halogenated alkanes) is 1. The highest BCUT2D eigenvalue weighted by atomic mass is 16.5. The maximum atomic E-state index is 12.6. The van der Waals surface area contributed by atoms with Crippen LogP contribution in [0.15, 0.2) is 29.3 Å². The lowest BCUT2D eigenvalue weighted by molar-refractivity contribution is -0.117. The van der Waals surface area contributed by atoms with Crippen molar-refractivity contribution in [1.82, 2.24) is 10.6 Å². The van der Waals surface area contributed by atoms with E-state index in [1.807, 2.05) is 23.1 Å². The van der Waals surface area contributed by atoms with Gasteiger partial charge in [0.1, 0.15) is 0 Å². The van der Waals surface area contributed by atoms with Gasteiger partial charge in [0, 0.05) is 32.4 Å². The van der Waals surface area contributed by atoms with Crippen LogP contribution in [0.5, 0.6) is 0 Å². The maximum absolute atomic E-state index is 12.6. The molecular formula is C21H34N4O3. The zero-order valence-corrected chi connectivity index (χ0v) is 17.2. The first-order chi connectivity index (χ1) is 13.8. The van der Waals surface area contributed by atoms with Crippen molar-refractivity contribution in [3.8, 4) is 0 Å². The zero-order valence-electron chi connectivity index (χ0n) is 17.2. The minimum Gasteiger partial charge on any atom is -0.379 e. The van der Waals surface area contributed by atoms with Crippen LogP contribution in [0, 0.1) is 0 Å². The molecule has 1 amide bonds. The van der Waals surface area contributed by atoms with Crippen molar-refractivity contribution >= 4 is 17.6 Å². The molecule has 0 aliphatic carbocycles. The van der Waals surface area contributed by atoms with Gasteiger partial charge in [0.2, 0.25) is 5.91 Å². The highest BCUT2D eigenvalue weighted by Crippen LogP contribution is 2.26. The molecule has 7 heteroatoms. The molecule has 1 aliphatic heterocycles. The third kappa shape index (κ3) is 7.48. The summed E-state index contributed by atoms with van der Waals surface area (Å²) < 4.78 is 11.0. The van der Waals surface area contributed by atoms with Crippen molar-refractivity contribution in [1.29, 1.82) is 0 Å². The highest BCUT2D eigenvalue weighted by Gasteiger charge is 2.21. The second-order valence-electron chi connectivity index (χ2n) is 6.71. The van der Waals surface area contributed by atoms with Gasteiger partial charge in [-0.2, -0.15) is 0 Å². The van der Waals surface area contributed by atoms with E-state index in [-0.39, 0.29) is 12.5 Å². The van der Waals surface area contributed by atoms with Crippen molar-refractivity contribution in [2.45, 2.75) is 32.6 Å². The van der Waals surface area contributed by atoms with Crippen molar-refractivity contribution in [3.05, 3.63) is 29.8 Å². The number of fused-ring (bicyclic) bond motifs is 1. The number of para-hydroxylation sites is 1. The van der Waals surface area contributed by atoms with Gasteiger partial charge < -0.3 is 25.0 Å². The molecule has 28 heavy (non-hydrogen) atoms. The van der Waals surface area contributed by atoms with Crippen LogP contribution in [0.2, 0.25) is 0 Å².